The van der Waals surface area contributed by atoms with Gasteiger partial charge in [0, 0.05) is 10.5 Å². The quantitative estimate of drug-likeness (QED) is 0.767. The Morgan fingerprint density at radius 2 is 1.62 bits per heavy atom. The highest BCUT2D eigenvalue weighted by atomic mass is 32.4. The Labute approximate surface area is 102 Å². The summed E-state index contributed by atoms with van der Waals surface area (Å²) in [5.74, 6) is 0. The zero-order valence-electron chi connectivity index (χ0n) is 10.0. The molecule has 0 unspecified atom stereocenters. The second kappa shape index (κ2) is 4.92. The lowest BCUT2D eigenvalue weighted by molar-refractivity contribution is -0.0441. The van der Waals surface area contributed by atoms with Crippen LogP contribution in [0.15, 0.2) is 29.2 Å². The van der Waals surface area contributed by atoms with Gasteiger partial charge in [-0.3, -0.25) is 0 Å². The highest BCUT2D eigenvalue weighted by Crippen LogP contribution is 2.31. The topological polar surface area (TPSA) is 18.5 Å². The van der Waals surface area contributed by atoms with Crippen LogP contribution in [0.1, 0.15) is 11.9 Å². The first-order chi connectivity index (χ1) is 7.54. The molecule has 0 saturated carbocycles. The third-order valence-electron chi connectivity index (χ3n) is 2.20. The summed E-state index contributed by atoms with van der Waals surface area (Å²) < 4.78 is 10.9. The zero-order valence-corrected chi connectivity index (χ0v) is 11.8. The predicted octanol–water partition coefficient (Wildman–Crippen LogP) is 3.66. The molecule has 4 heteroatoms. The molecule has 0 N–H and O–H groups in total. The molecule has 2 rings (SSSR count). The summed E-state index contributed by atoms with van der Waals surface area (Å²) in [4.78, 5) is 1.35. The molecule has 1 saturated heterocycles. The molecule has 1 fully saturated rings. The van der Waals surface area contributed by atoms with Crippen molar-refractivity contribution < 1.29 is 9.47 Å². The number of ether oxygens (including phenoxy) is 2. The van der Waals surface area contributed by atoms with Gasteiger partial charge in [0.2, 0.25) is 0 Å². The molecule has 2 nitrogen and oxygen atoms in total. The van der Waals surface area contributed by atoms with E-state index in [1.807, 2.05) is 11.2 Å². The fourth-order valence-corrected chi connectivity index (χ4v) is 5.11. The average Bonchev–Trinajstić information content (AvgIpc) is 2.69. The molecule has 88 valence electrons. The van der Waals surface area contributed by atoms with Gasteiger partial charge in [-0.25, -0.2) is 0 Å². The average molecular weight is 254 g/mol. The highest BCUT2D eigenvalue weighted by molar-refractivity contribution is 8.28. The molecular formula is C12H18O2SSi. The van der Waals surface area contributed by atoms with Gasteiger partial charge in [0.15, 0.2) is 6.29 Å². The van der Waals surface area contributed by atoms with Crippen LogP contribution < -0.4 is 0 Å². The fraction of sp³-hybridized carbons (Fsp3) is 0.500. The van der Waals surface area contributed by atoms with Crippen LogP contribution in [0.3, 0.4) is 0 Å². The summed E-state index contributed by atoms with van der Waals surface area (Å²) in [6, 6.07) is 8.56. The molecule has 0 bridgehead atoms. The van der Waals surface area contributed by atoms with Gasteiger partial charge in [0.05, 0.1) is 13.2 Å². The van der Waals surface area contributed by atoms with E-state index in [1.165, 1.54) is 4.90 Å². The third kappa shape index (κ3) is 3.35. The van der Waals surface area contributed by atoms with Crippen LogP contribution in [-0.4, -0.2) is 20.4 Å². The second-order valence-electron chi connectivity index (χ2n) is 4.86. The first kappa shape index (κ1) is 12.2. The van der Waals surface area contributed by atoms with Crippen molar-refractivity contribution in [3.8, 4) is 0 Å². The zero-order chi connectivity index (χ0) is 11.6. The van der Waals surface area contributed by atoms with Crippen LogP contribution >= 0.6 is 11.2 Å². The lowest BCUT2D eigenvalue weighted by Gasteiger charge is -2.16. The van der Waals surface area contributed by atoms with Gasteiger partial charge in [-0.2, -0.15) is 11.2 Å². The molecule has 1 aromatic carbocycles. The van der Waals surface area contributed by atoms with Crippen LogP contribution in [-0.2, 0) is 9.47 Å². The molecule has 0 atom stereocenters. The summed E-state index contributed by atoms with van der Waals surface area (Å²) in [5, 5.41) is 0. The van der Waals surface area contributed by atoms with E-state index in [-0.39, 0.29) is 6.29 Å². The minimum atomic E-state index is -1.09. The van der Waals surface area contributed by atoms with Gasteiger partial charge >= 0.3 is 0 Å². The van der Waals surface area contributed by atoms with Gasteiger partial charge in [-0.05, 0) is 12.1 Å². The number of hydrogen-bond donors (Lipinski definition) is 0. The van der Waals surface area contributed by atoms with Crippen molar-refractivity contribution in [1.29, 1.82) is 0 Å². The Hall–Kier alpha value is -0.293. The Balaban J connectivity index is 2.04. The summed E-state index contributed by atoms with van der Waals surface area (Å²) >= 11 is 2.01. The minimum absolute atomic E-state index is 0.147. The maximum absolute atomic E-state index is 5.46. The molecule has 16 heavy (non-hydrogen) atoms. The van der Waals surface area contributed by atoms with E-state index in [2.05, 4.69) is 43.9 Å². The Morgan fingerprint density at radius 3 is 2.12 bits per heavy atom. The molecule has 0 aromatic heterocycles. The van der Waals surface area contributed by atoms with Crippen molar-refractivity contribution >= 4 is 18.4 Å². The van der Waals surface area contributed by atoms with Crippen LogP contribution in [0.5, 0.6) is 0 Å². The molecule has 1 aliphatic heterocycles. The first-order valence-electron chi connectivity index (χ1n) is 5.57. The van der Waals surface area contributed by atoms with Crippen LogP contribution in [0.4, 0.5) is 0 Å². The lowest BCUT2D eigenvalue weighted by atomic mass is 10.2. The molecule has 0 amide bonds. The SMILES string of the molecule is C[Si](C)(C)Sc1ccc(C2OCCO2)cc1. The molecule has 1 heterocycles. The van der Waals surface area contributed by atoms with Crippen LogP contribution in [0.25, 0.3) is 0 Å². The molecule has 0 aliphatic carbocycles. The molecular weight excluding hydrogens is 236 g/mol. The van der Waals surface area contributed by atoms with E-state index in [0.29, 0.717) is 13.2 Å². The van der Waals surface area contributed by atoms with Gasteiger partial charge in [0.1, 0.15) is 7.22 Å². The van der Waals surface area contributed by atoms with Crippen molar-refractivity contribution in [2.24, 2.45) is 0 Å². The Morgan fingerprint density at radius 1 is 1.06 bits per heavy atom. The van der Waals surface area contributed by atoms with Crippen molar-refractivity contribution in [2.75, 3.05) is 13.2 Å². The highest BCUT2D eigenvalue weighted by Gasteiger charge is 2.19. The largest absolute Gasteiger partial charge is 0.346 e. The minimum Gasteiger partial charge on any atom is -0.346 e. The smallest absolute Gasteiger partial charge is 0.184 e. The third-order valence-corrected chi connectivity index (χ3v) is 5.86. The van der Waals surface area contributed by atoms with Gasteiger partial charge in [0.25, 0.3) is 0 Å². The number of benzene rings is 1. The van der Waals surface area contributed by atoms with E-state index in [1.54, 1.807) is 0 Å². The second-order valence-corrected chi connectivity index (χ2v) is 14.0. The van der Waals surface area contributed by atoms with Crippen molar-refractivity contribution in [3.05, 3.63) is 29.8 Å². The Bertz CT molecular complexity index is 339. The van der Waals surface area contributed by atoms with E-state index in [4.69, 9.17) is 9.47 Å². The van der Waals surface area contributed by atoms with Gasteiger partial charge in [-0.1, -0.05) is 31.8 Å². The van der Waals surface area contributed by atoms with Crippen LogP contribution in [0, 0.1) is 0 Å². The maximum Gasteiger partial charge on any atom is 0.184 e. The van der Waals surface area contributed by atoms with E-state index in [9.17, 15) is 0 Å². The standard InChI is InChI=1S/C12H18O2SSi/c1-16(2,3)15-11-6-4-10(5-7-11)12-13-8-9-14-12/h4-7,12H,8-9H2,1-3H3. The molecule has 1 aliphatic rings. The summed E-state index contributed by atoms with van der Waals surface area (Å²) in [6.07, 6.45) is -0.147. The maximum atomic E-state index is 5.46. The Kier molecular flexibility index (Phi) is 3.74. The monoisotopic (exact) mass is 254 g/mol. The van der Waals surface area contributed by atoms with Gasteiger partial charge < -0.3 is 9.47 Å². The first-order valence-corrected chi connectivity index (χ1v) is 10.6. The van der Waals surface area contributed by atoms with E-state index < -0.39 is 7.22 Å². The van der Waals surface area contributed by atoms with Crippen molar-refractivity contribution in [1.82, 2.24) is 0 Å². The normalized spacial score (nSPS) is 17.9. The number of hydrogen-bond acceptors (Lipinski definition) is 3. The van der Waals surface area contributed by atoms with Crippen molar-refractivity contribution in [2.45, 2.75) is 30.8 Å². The van der Waals surface area contributed by atoms with Gasteiger partial charge in [-0.15, -0.1) is 0 Å². The summed E-state index contributed by atoms with van der Waals surface area (Å²) in [7, 11) is -1.09. The summed E-state index contributed by atoms with van der Waals surface area (Å²) in [5.41, 5.74) is 1.12. The molecule has 0 spiro atoms. The predicted molar refractivity (Wildman–Crippen MR) is 70.3 cm³/mol. The number of rotatable bonds is 3. The molecule has 0 radical (unpaired) electrons. The fourth-order valence-electron chi connectivity index (χ4n) is 1.60. The van der Waals surface area contributed by atoms with E-state index in [0.717, 1.165) is 5.56 Å². The summed E-state index contributed by atoms with van der Waals surface area (Å²) in [6.45, 7) is 8.48. The molecule has 1 aromatic rings. The van der Waals surface area contributed by atoms with E-state index >= 15 is 0 Å². The van der Waals surface area contributed by atoms with Crippen LogP contribution in [0.2, 0.25) is 19.6 Å². The van der Waals surface area contributed by atoms with Crippen molar-refractivity contribution in [3.63, 3.8) is 0 Å². The lowest BCUT2D eigenvalue weighted by Crippen LogP contribution is -2.13.